The normalized spacial score (nSPS) is 16.3. The van der Waals surface area contributed by atoms with Crippen LogP contribution in [0.1, 0.15) is 18.4 Å². The number of aromatic nitrogens is 2. The van der Waals surface area contributed by atoms with E-state index in [4.69, 9.17) is 5.21 Å². The summed E-state index contributed by atoms with van der Waals surface area (Å²) in [6.45, 7) is 1.34. The fourth-order valence-electron chi connectivity index (χ4n) is 3.37. The lowest BCUT2D eigenvalue weighted by Gasteiger charge is -2.40. The quantitative estimate of drug-likeness (QED) is 0.324. The van der Waals surface area contributed by atoms with E-state index in [0.717, 1.165) is 11.3 Å². The van der Waals surface area contributed by atoms with Crippen LogP contribution in [0, 0.1) is 0 Å². The summed E-state index contributed by atoms with van der Waals surface area (Å²) in [5.74, 6) is -0.176. The Morgan fingerprint density at radius 2 is 2.07 bits per heavy atom. The van der Waals surface area contributed by atoms with Crippen molar-refractivity contribution in [1.29, 1.82) is 0 Å². The van der Waals surface area contributed by atoms with Crippen molar-refractivity contribution in [3.63, 3.8) is 0 Å². The minimum absolute atomic E-state index is 0.160. The first kappa shape index (κ1) is 20.1. The van der Waals surface area contributed by atoms with E-state index in [0.29, 0.717) is 31.7 Å². The second-order valence-corrected chi connectivity index (χ2v) is 7.30. The summed E-state index contributed by atoms with van der Waals surface area (Å²) in [7, 11) is 1.75. The molecule has 0 spiro atoms. The number of carbonyl (C=O) groups is 1. The van der Waals surface area contributed by atoms with E-state index in [1.807, 2.05) is 24.3 Å². The zero-order valence-electron chi connectivity index (χ0n) is 15.4. The predicted molar refractivity (Wildman–Crippen MR) is 105 cm³/mol. The Kier molecular flexibility index (Phi) is 6.45. The summed E-state index contributed by atoms with van der Waals surface area (Å²) in [6, 6.07) is 9.16. The number of nitrogens with zero attached hydrogens (tertiary/aromatic N) is 4. The van der Waals surface area contributed by atoms with Crippen LogP contribution in [0.2, 0.25) is 0 Å². The number of amides is 1. The predicted octanol–water partition coefficient (Wildman–Crippen LogP) is 1.21. The number of anilines is 2. The summed E-state index contributed by atoms with van der Waals surface area (Å²) in [6.07, 6.45) is 5.92. The van der Waals surface area contributed by atoms with Crippen LogP contribution in [-0.4, -0.2) is 48.8 Å². The molecule has 3 rings (SSSR count). The number of rotatable bonds is 6. The smallest absolute Gasteiger partial charge is 0.267 e. The van der Waals surface area contributed by atoms with Gasteiger partial charge in [-0.25, -0.2) is 5.48 Å². The van der Waals surface area contributed by atoms with Gasteiger partial charge < -0.3 is 9.45 Å². The van der Waals surface area contributed by atoms with E-state index >= 15 is 0 Å². The molecule has 28 heavy (non-hydrogen) atoms. The fraction of sp³-hybridized carbons (Fsp3) is 0.333. The Hall–Kier alpha value is -2.69. The number of piperidine rings is 1. The minimum atomic E-state index is -2.40. The van der Waals surface area contributed by atoms with E-state index in [9.17, 15) is 13.6 Å². The molecular weight excluding hydrogens is 382 g/mol. The van der Waals surface area contributed by atoms with Crippen LogP contribution in [0.5, 0.6) is 0 Å². The number of hydroxylamine groups is 1. The lowest BCUT2D eigenvalue weighted by Crippen LogP contribution is -2.46. The monoisotopic (exact) mass is 404 g/mol. The SMILES string of the molecule is Cn1ccc(N(C2CCN(c3ccccc3/C=C/C(=O)NO)CC2)S(=O)[O-])n1. The molecule has 0 saturated carbocycles. The molecule has 2 N–H and O–H groups in total. The van der Waals surface area contributed by atoms with Crippen LogP contribution in [0.25, 0.3) is 6.08 Å². The van der Waals surface area contributed by atoms with Gasteiger partial charge in [0, 0.05) is 61.5 Å². The van der Waals surface area contributed by atoms with Gasteiger partial charge in [-0.05, 0) is 30.5 Å². The average Bonchev–Trinajstić information content (AvgIpc) is 3.12. The minimum Gasteiger partial charge on any atom is -0.755 e. The lowest BCUT2D eigenvalue weighted by atomic mass is 10.0. The first-order chi connectivity index (χ1) is 13.5. The molecule has 1 fully saturated rings. The third-order valence-corrected chi connectivity index (χ3v) is 5.49. The van der Waals surface area contributed by atoms with E-state index in [-0.39, 0.29) is 6.04 Å². The third-order valence-electron chi connectivity index (χ3n) is 4.68. The van der Waals surface area contributed by atoms with Crippen LogP contribution < -0.4 is 14.7 Å². The average molecular weight is 404 g/mol. The highest BCUT2D eigenvalue weighted by atomic mass is 32.2. The van der Waals surface area contributed by atoms with Gasteiger partial charge in [0.2, 0.25) is 0 Å². The molecule has 1 atom stereocenters. The molecule has 0 aliphatic carbocycles. The van der Waals surface area contributed by atoms with Crippen LogP contribution in [0.4, 0.5) is 11.5 Å². The van der Waals surface area contributed by atoms with Crippen molar-refractivity contribution in [3.8, 4) is 0 Å². The number of nitrogens with one attached hydrogen (secondary N) is 1. The summed E-state index contributed by atoms with van der Waals surface area (Å²) in [4.78, 5) is 13.4. The molecule has 1 amide bonds. The van der Waals surface area contributed by atoms with Crippen molar-refractivity contribution < 1.29 is 18.8 Å². The molecule has 150 valence electrons. The van der Waals surface area contributed by atoms with Crippen molar-refractivity contribution >= 4 is 34.8 Å². The first-order valence-electron chi connectivity index (χ1n) is 8.84. The highest BCUT2D eigenvalue weighted by Gasteiger charge is 2.27. The molecule has 1 aromatic carbocycles. The largest absolute Gasteiger partial charge is 0.755 e. The van der Waals surface area contributed by atoms with Crippen molar-refractivity contribution in [1.82, 2.24) is 15.3 Å². The standard InChI is InChI=1S/C18H23N5O4S/c1-21-11-10-17(19-21)23(28(26)27)15-8-12-22(13-9-15)16-5-3-2-4-14(16)6-7-18(24)20-25/h2-7,10-11,15,25H,8-9,12-13H2,1H3,(H,20,24)(H,26,27)/p-1/b7-6+. The van der Waals surface area contributed by atoms with Crippen molar-refractivity contribution in [3.05, 3.63) is 48.2 Å². The molecular formula is C18H22N5O4S-. The Labute approximate surface area is 165 Å². The highest BCUT2D eigenvalue weighted by molar-refractivity contribution is 7.80. The molecule has 9 nitrogen and oxygen atoms in total. The molecule has 1 aromatic heterocycles. The molecule has 1 aliphatic rings. The maximum absolute atomic E-state index is 11.8. The number of carbonyl (C=O) groups excluding carboxylic acids is 1. The third kappa shape index (κ3) is 4.58. The number of hydrogen-bond donors (Lipinski definition) is 2. The molecule has 2 heterocycles. The van der Waals surface area contributed by atoms with E-state index in [1.165, 1.54) is 10.4 Å². The summed E-state index contributed by atoms with van der Waals surface area (Å²) < 4.78 is 26.5. The van der Waals surface area contributed by atoms with Crippen LogP contribution in [0.15, 0.2) is 42.6 Å². The molecule has 1 unspecified atom stereocenters. The Bertz CT molecular complexity index is 876. The van der Waals surface area contributed by atoms with Gasteiger partial charge in [-0.3, -0.25) is 23.2 Å². The van der Waals surface area contributed by atoms with Gasteiger partial charge in [0.15, 0.2) is 5.82 Å². The van der Waals surface area contributed by atoms with Gasteiger partial charge in [0.05, 0.1) is 0 Å². The van der Waals surface area contributed by atoms with Gasteiger partial charge in [-0.2, -0.15) is 5.10 Å². The van der Waals surface area contributed by atoms with Crippen molar-refractivity contribution in [2.45, 2.75) is 18.9 Å². The zero-order chi connectivity index (χ0) is 20.1. The number of hydrogen-bond acceptors (Lipinski definition) is 6. The van der Waals surface area contributed by atoms with E-state index in [2.05, 4.69) is 10.00 Å². The molecule has 10 heteroatoms. The van der Waals surface area contributed by atoms with Crippen LogP contribution >= 0.6 is 0 Å². The number of aryl methyl sites for hydroxylation is 1. The summed E-state index contributed by atoms with van der Waals surface area (Å²) in [5.41, 5.74) is 3.37. The molecule has 2 aromatic rings. The van der Waals surface area contributed by atoms with Crippen LogP contribution in [-0.2, 0) is 23.1 Å². The Morgan fingerprint density at radius 1 is 1.36 bits per heavy atom. The zero-order valence-corrected chi connectivity index (χ0v) is 16.2. The summed E-state index contributed by atoms with van der Waals surface area (Å²) >= 11 is -2.40. The van der Waals surface area contributed by atoms with Gasteiger partial charge in [-0.15, -0.1) is 0 Å². The number of para-hydroxylation sites is 1. The number of benzene rings is 1. The van der Waals surface area contributed by atoms with Gasteiger partial charge in [0.25, 0.3) is 5.91 Å². The topological polar surface area (TPSA) is 114 Å². The molecule has 0 radical (unpaired) electrons. The van der Waals surface area contributed by atoms with Crippen molar-refractivity contribution in [2.24, 2.45) is 7.05 Å². The fourth-order valence-corrected chi connectivity index (χ4v) is 4.07. The van der Waals surface area contributed by atoms with Crippen molar-refractivity contribution in [2.75, 3.05) is 22.3 Å². The van der Waals surface area contributed by atoms with Gasteiger partial charge in [-0.1, -0.05) is 18.2 Å². The Balaban J connectivity index is 1.72. The lowest BCUT2D eigenvalue weighted by molar-refractivity contribution is -0.124. The molecule has 1 aliphatic heterocycles. The van der Waals surface area contributed by atoms with E-state index in [1.54, 1.807) is 35.5 Å². The first-order valence-corrected chi connectivity index (χ1v) is 9.87. The maximum atomic E-state index is 11.8. The molecule has 0 bridgehead atoms. The highest BCUT2D eigenvalue weighted by Crippen LogP contribution is 2.28. The van der Waals surface area contributed by atoms with Crippen LogP contribution in [0.3, 0.4) is 0 Å². The second-order valence-electron chi connectivity index (χ2n) is 6.48. The Morgan fingerprint density at radius 3 is 2.68 bits per heavy atom. The molecule has 1 saturated heterocycles. The van der Waals surface area contributed by atoms with Gasteiger partial charge in [0.1, 0.15) is 0 Å². The van der Waals surface area contributed by atoms with Gasteiger partial charge >= 0.3 is 0 Å². The van der Waals surface area contributed by atoms with E-state index < -0.39 is 17.2 Å². The maximum Gasteiger partial charge on any atom is 0.267 e. The second kappa shape index (κ2) is 9.00. The summed E-state index contributed by atoms with van der Waals surface area (Å²) in [5, 5.41) is 12.8.